The van der Waals surface area contributed by atoms with E-state index in [0.717, 1.165) is 5.56 Å². The largest absolute Gasteiger partial charge is 0.383 e. The number of carbonyl (C=O) groups excluding carboxylic acids is 1. The summed E-state index contributed by atoms with van der Waals surface area (Å²) < 4.78 is 0. The molecule has 5 rings (SSSR count). The Labute approximate surface area is 195 Å². The molecule has 33 heavy (non-hydrogen) atoms. The molecule has 6 nitrogen and oxygen atoms in total. The standard InChI is InChI=1S/C26H23N3O3S/c30-24(20-7-1-4-11-27-20)23-19(18-10-14-33-16-18)15-25(31,21-8-2-5-12-28-21)17-26(23,32)22-9-3-6-13-29-22/h1-14,16,19,23,31-32H,15,17H2/t19-,23+,25+,26-/m0/s1. The van der Waals surface area contributed by atoms with Crippen molar-refractivity contribution >= 4 is 17.1 Å². The predicted molar refractivity (Wildman–Crippen MR) is 125 cm³/mol. The van der Waals surface area contributed by atoms with Crippen LogP contribution in [0.15, 0.2) is 90.0 Å². The van der Waals surface area contributed by atoms with Crippen molar-refractivity contribution in [2.24, 2.45) is 5.92 Å². The fourth-order valence-electron chi connectivity index (χ4n) is 5.01. The summed E-state index contributed by atoms with van der Waals surface area (Å²) in [5, 5.41) is 28.1. The summed E-state index contributed by atoms with van der Waals surface area (Å²) in [6.45, 7) is 0. The fourth-order valence-corrected chi connectivity index (χ4v) is 5.73. The van der Waals surface area contributed by atoms with Gasteiger partial charge in [-0.25, -0.2) is 0 Å². The molecule has 0 aromatic carbocycles. The molecule has 0 spiro atoms. The van der Waals surface area contributed by atoms with E-state index in [0.29, 0.717) is 11.4 Å². The topological polar surface area (TPSA) is 96.2 Å². The smallest absolute Gasteiger partial charge is 0.188 e. The molecule has 0 amide bonds. The molecule has 0 bridgehead atoms. The van der Waals surface area contributed by atoms with E-state index < -0.39 is 23.0 Å². The number of pyridine rings is 3. The third kappa shape index (κ3) is 3.88. The molecule has 7 heteroatoms. The first-order valence-corrected chi connectivity index (χ1v) is 11.7. The van der Waals surface area contributed by atoms with E-state index in [-0.39, 0.29) is 24.3 Å². The molecular weight excluding hydrogens is 434 g/mol. The number of rotatable bonds is 5. The van der Waals surface area contributed by atoms with Gasteiger partial charge in [-0.1, -0.05) is 18.2 Å². The molecule has 1 saturated carbocycles. The lowest BCUT2D eigenvalue weighted by Crippen LogP contribution is -2.54. The molecule has 0 radical (unpaired) electrons. The van der Waals surface area contributed by atoms with E-state index in [2.05, 4.69) is 15.0 Å². The number of hydrogen-bond donors (Lipinski definition) is 2. The first-order valence-electron chi connectivity index (χ1n) is 10.8. The van der Waals surface area contributed by atoms with Gasteiger partial charge >= 0.3 is 0 Å². The molecule has 0 aliphatic heterocycles. The van der Waals surface area contributed by atoms with Gasteiger partial charge < -0.3 is 10.2 Å². The third-order valence-corrected chi connectivity index (χ3v) is 7.16. The second-order valence-corrected chi connectivity index (χ2v) is 9.27. The van der Waals surface area contributed by atoms with Crippen LogP contribution >= 0.6 is 11.3 Å². The van der Waals surface area contributed by atoms with Crippen molar-refractivity contribution in [2.75, 3.05) is 0 Å². The number of thiophene rings is 1. The van der Waals surface area contributed by atoms with Crippen LogP contribution in [0.4, 0.5) is 0 Å². The summed E-state index contributed by atoms with van der Waals surface area (Å²) in [5.74, 6) is -1.64. The second kappa shape index (κ2) is 8.59. The average Bonchev–Trinajstić information content (AvgIpc) is 3.40. The van der Waals surface area contributed by atoms with Crippen molar-refractivity contribution in [1.82, 2.24) is 15.0 Å². The van der Waals surface area contributed by atoms with Crippen molar-refractivity contribution in [1.29, 1.82) is 0 Å². The highest BCUT2D eigenvalue weighted by atomic mass is 32.1. The van der Waals surface area contributed by atoms with E-state index in [9.17, 15) is 15.0 Å². The maximum absolute atomic E-state index is 13.9. The van der Waals surface area contributed by atoms with Gasteiger partial charge in [0.15, 0.2) is 5.78 Å². The van der Waals surface area contributed by atoms with Crippen molar-refractivity contribution < 1.29 is 15.0 Å². The zero-order valence-electron chi connectivity index (χ0n) is 17.8. The number of carbonyl (C=O) groups is 1. The van der Waals surface area contributed by atoms with Gasteiger partial charge in [-0.15, -0.1) is 0 Å². The van der Waals surface area contributed by atoms with Gasteiger partial charge in [0.1, 0.15) is 16.9 Å². The highest BCUT2D eigenvalue weighted by Crippen LogP contribution is 2.56. The van der Waals surface area contributed by atoms with Crippen LogP contribution in [0.2, 0.25) is 0 Å². The predicted octanol–water partition coefficient (Wildman–Crippen LogP) is 4.09. The van der Waals surface area contributed by atoms with Gasteiger partial charge in [-0.2, -0.15) is 11.3 Å². The van der Waals surface area contributed by atoms with Gasteiger partial charge in [-0.3, -0.25) is 19.7 Å². The monoisotopic (exact) mass is 457 g/mol. The zero-order valence-corrected chi connectivity index (χ0v) is 18.6. The Morgan fingerprint density at radius 2 is 1.55 bits per heavy atom. The van der Waals surface area contributed by atoms with Crippen LogP contribution in [0.1, 0.15) is 46.2 Å². The molecule has 1 aliphatic carbocycles. The Balaban J connectivity index is 1.71. The Kier molecular flexibility index (Phi) is 5.62. The van der Waals surface area contributed by atoms with Crippen LogP contribution in [0.5, 0.6) is 0 Å². The van der Waals surface area contributed by atoms with Gasteiger partial charge in [0.2, 0.25) is 0 Å². The van der Waals surface area contributed by atoms with Crippen molar-refractivity contribution in [3.8, 4) is 0 Å². The zero-order chi connectivity index (χ0) is 22.9. The number of aliphatic hydroxyl groups is 2. The third-order valence-electron chi connectivity index (χ3n) is 6.46. The Morgan fingerprint density at radius 3 is 2.12 bits per heavy atom. The lowest BCUT2D eigenvalue weighted by molar-refractivity contribution is -0.143. The molecule has 4 heterocycles. The molecule has 1 fully saturated rings. The number of nitrogens with zero attached hydrogens (tertiary/aromatic N) is 3. The Morgan fingerprint density at radius 1 is 0.879 bits per heavy atom. The summed E-state index contributed by atoms with van der Waals surface area (Å²) in [5.41, 5.74) is -1.23. The van der Waals surface area contributed by atoms with Crippen LogP contribution in [-0.4, -0.2) is 30.9 Å². The highest BCUT2D eigenvalue weighted by Gasteiger charge is 2.59. The Bertz CT molecular complexity index is 1220. The lowest BCUT2D eigenvalue weighted by Gasteiger charge is -2.50. The number of Topliss-reactive ketones (excluding diaryl/α,β-unsaturated/α-hetero) is 1. The fraction of sp³-hybridized carbons (Fsp3) is 0.231. The average molecular weight is 458 g/mol. The van der Waals surface area contributed by atoms with E-state index in [1.165, 1.54) is 11.3 Å². The molecule has 4 aromatic heterocycles. The molecular formula is C26H23N3O3S. The Hall–Kier alpha value is -3.26. The van der Waals surface area contributed by atoms with E-state index in [4.69, 9.17) is 0 Å². The van der Waals surface area contributed by atoms with Crippen LogP contribution in [0.25, 0.3) is 0 Å². The minimum Gasteiger partial charge on any atom is -0.383 e. The van der Waals surface area contributed by atoms with Gasteiger partial charge in [-0.05, 0) is 65.2 Å². The van der Waals surface area contributed by atoms with E-state index in [1.54, 1.807) is 67.1 Å². The molecule has 166 valence electrons. The van der Waals surface area contributed by atoms with E-state index >= 15 is 0 Å². The normalized spacial score (nSPS) is 27.2. The minimum absolute atomic E-state index is 0.113. The van der Waals surface area contributed by atoms with Gasteiger partial charge in [0.05, 0.1) is 17.3 Å². The maximum Gasteiger partial charge on any atom is 0.188 e. The number of hydrogen-bond acceptors (Lipinski definition) is 7. The molecule has 4 aromatic rings. The quantitative estimate of drug-likeness (QED) is 0.438. The summed E-state index contributed by atoms with van der Waals surface area (Å²) in [4.78, 5) is 27.0. The van der Waals surface area contributed by atoms with Crippen LogP contribution in [-0.2, 0) is 11.2 Å². The summed E-state index contributed by atoms with van der Waals surface area (Å²) in [6, 6.07) is 17.7. The maximum atomic E-state index is 13.9. The van der Waals surface area contributed by atoms with Gasteiger partial charge in [0.25, 0.3) is 0 Å². The van der Waals surface area contributed by atoms with Crippen LogP contribution in [0.3, 0.4) is 0 Å². The van der Waals surface area contributed by atoms with Crippen LogP contribution < -0.4 is 0 Å². The molecule has 0 saturated heterocycles. The summed E-state index contributed by atoms with van der Waals surface area (Å²) in [6.07, 6.45) is 4.90. The molecule has 2 N–H and O–H groups in total. The number of ketones is 1. The van der Waals surface area contributed by atoms with Crippen molar-refractivity contribution in [3.05, 3.63) is 113 Å². The van der Waals surface area contributed by atoms with Crippen LogP contribution in [0, 0.1) is 5.92 Å². The first-order chi connectivity index (χ1) is 16.0. The first kappa shape index (κ1) is 21.6. The minimum atomic E-state index is -1.74. The van der Waals surface area contributed by atoms with Crippen molar-refractivity contribution in [2.45, 2.75) is 30.0 Å². The second-order valence-electron chi connectivity index (χ2n) is 8.49. The lowest BCUT2D eigenvalue weighted by atomic mass is 9.58. The molecule has 4 atom stereocenters. The SMILES string of the molecule is O=C(c1ccccn1)[C@H]1[C@H](c2ccsc2)C[C@](O)(c2ccccn2)C[C@]1(O)c1ccccn1. The number of aromatic nitrogens is 3. The summed E-state index contributed by atoms with van der Waals surface area (Å²) >= 11 is 1.51. The van der Waals surface area contributed by atoms with E-state index in [1.807, 2.05) is 22.9 Å². The molecule has 0 unspecified atom stereocenters. The molecule has 1 aliphatic rings. The van der Waals surface area contributed by atoms with Gasteiger partial charge in [0, 0.05) is 30.9 Å². The summed E-state index contributed by atoms with van der Waals surface area (Å²) in [7, 11) is 0. The highest BCUT2D eigenvalue weighted by molar-refractivity contribution is 7.08. The van der Waals surface area contributed by atoms with Crippen molar-refractivity contribution in [3.63, 3.8) is 0 Å².